The van der Waals surface area contributed by atoms with Crippen molar-refractivity contribution in [1.29, 1.82) is 0 Å². The van der Waals surface area contributed by atoms with E-state index in [-0.39, 0.29) is 5.41 Å². The van der Waals surface area contributed by atoms with Crippen LogP contribution < -0.4 is 0 Å². The molecule has 4 rings (SSSR count). The second-order valence-corrected chi connectivity index (χ2v) is 11.2. The number of fused-ring (bicyclic) bond motifs is 5. The summed E-state index contributed by atoms with van der Waals surface area (Å²) < 4.78 is 0. The summed E-state index contributed by atoms with van der Waals surface area (Å²) in [5.74, 6) is 3.05. The maximum absolute atomic E-state index is 11.2. The van der Waals surface area contributed by atoms with Crippen LogP contribution in [0.25, 0.3) is 0 Å². The van der Waals surface area contributed by atoms with E-state index >= 15 is 0 Å². The molecule has 0 bridgehead atoms. The van der Waals surface area contributed by atoms with E-state index in [2.05, 4.69) is 32.8 Å². The first-order chi connectivity index (χ1) is 12.1. The Hall–Kier alpha value is -0.120. The number of aliphatic hydroxyl groups is 2. The van der Waals surface area contributed by atoms with Gasteiger partial charge < -0.3 is 15.1 Å². The number of hydrogen-bond acceptors (Lipinski definition) is 3. The van der Waals surface area contributed by atoms with E-state index in [0.717, 1.165) is 43.1 Å². The van der Waals surface area contributed by atoms with E-state index in [1.807, 2.05) is 6.92 Å². The molecule has 4 saturated carbocycles. The van der Waals surface area contributed by atoms with E-state index in [0.29, 0.717) is 11.3 Å². The minimum atomic E-state index is -0.929. The topological polar surface area (TPSA) is 43.7 Å². The highest BCUT2D eigenvalue weighted by molar-refractivity contribution is 5.13. The lowest BCUT2D eigenvalue weighted by atomic mass is 9.41. The van der Waals surface area contributed by atoms with Gasteiger partial charge >= 0.3 is 0 Å². The molecule has 3 heteroatoms. The molecule has 0 unspecified atom stereocenters. The smallest absolute Gasteiger partial charge is 0.0933 e. The van der Waals surface area contributed by atoms with Crippen molar-refractivity contribution >= 4 is 0 Å². The minimum Gasteiger partial charge on any atom is -0.390 e. The molecule has 0 radical (unpaired) electrons. The standard InChI is InChI=1S/C23H41NO2/c1-21-12-10-16(24(4)5)14-15(21)6-7-17-18(21)11-13-22(2)19(17)8-9-20(25)23(22,3)26/h15-20,25-26H,6-14H2,1-5H3/t15-,16-,17+,18+,19-,20-,21-,22-,23-/m0/s1. The van der Waals surface area contributed by atoms with Crippen LogP contribution in [0.1, 0.15) is 78.6 Å². The summed E-state index contributed by atoms with van der Waals surface area (Å²) in [5, 5.41) is 21.7. The number of hydrogen-bond donors (Lipinski definition) is 2. The SMILES string of the molecule is CN(C)[C@H]1CC[C@@]2(C)[C@@H](CC[C@@H]3[C@H]2CC[C@@]2(C)[C@H]3CC[C@H](O)[C@]2(C)O)C1. The van der Waals surface area contributed by atoms with Gasteiger partial charge in [0.25, 0.3) is 0 Å². The molecule has 4 aliphatic carbocycles. The Kier molecular flexibility index (Phi) is 4.57. The van der Waals surface area contributed by atoms with Crippen molar-refractivity contribution in [2.45, 2.75) is 96.3 Å². The van der Waals surface area contributed by atoms with Crippen LogP contribution in [0.5, 0.6) is 0 Å². The third-order valence-electron chi connectivity index (χ3n) is 10.3. The van der Waals surface area contributed by atoms with Gasteiger partial charge in [0.2, 0.25) is 0 Å². The van der Waals surface area contributed by atoms with Gasteiger partial charge in [-0.2, -0.15) is 0 Å². The van der Waals surface area contributed by atoms with Crippen LogP contribution in [-0.4, -0.2) is 47.0 Å². The van der Waals surface area contributed by atoms with Crippen molar-refractivity contribution < 1.29 is 10.2 Å². The highest BCUT2D eigenvalue weighted by Crippen LogP contribution is 2.67. The van der Waals surface area contributed by atoms with Crippen molar-refractivity contribution in [3.8, 4) is 0 Å². The van der Waals surface area contributed by atoms with Crippen LogP contribution in [0, 0.1) is 34.5 Å². The predicted molar refractivity (Wildman–Crippen MR) is 106 cm³/mol. The molecule has 4 aliphatic rings. The Morgan fingerprint density at radius 2 is 1.58 bits per heavy atom. The van der Waals surface area contributed by atoms with E-state index < -0.39 is 11.7 Å². The third kappa shape index (κ3) is 2.49. The van der Waals surface area contributed by atoms with Crippen LogP contribution in [-0.2, 0) is 0 Å². The van der Waals surface area contributed by atoms with Crippen LogP contribution in [0.4, 0.5) is 0 Å². The molecule has 3 nitrogen and oxygen atoms in total. The van der Waals surface area contributed by atoms with Gasteiger partial charge in [0.15, 0.2) is 0 Å². The molecule has 0 amide bonds. The van der Waals surface area contributed by atoms with E-state index in [1.54, 1.807) is 0 Å². The lowest BCUT2D eigenvalue weighted by Crippen LogP contribution is -2.65. The molecular formula is C23H41NO2. The number of nitrogens with zero attached hydrogens (tertiary/aromatic N) is 1. The summed E-state index contributed by atoms with van der Waals surface area (Å²) in [7, 11) is 4.50. The molecule has 0 aromatic heterocycles. The van der Waals surface area contributed by atoms with Gasteiger partial charge in [-0.25, -0.2) is 0 Å². The van der Waals surface area contributed by atoms with E-state index in [9.17, 15) is 10.2 Å². The van der Waals surface area contributed by atoms with Gasteiger partial charge in [-0.15, -0.1) is 0 Å². The normalized spacial score (nSPS) is 57.2. The van der Waals surface area contributed by atoms with Crippen molar-refractivity contribution in [1.82, 2.24) is 4.90 Å². The largest absolute Gasteiger partial charge is 0.390 e. The average Bonchev–Trinajstić information content (AvgIpc) is 2.58. The van der Waals surface area contributed by atoms with Gasteiger partial charge in [0.05, 0.1) is 11.7 Å². The maximum Gasteiger partial charge on any atom is 0.0933 e. The Labute approximate surface area is 160 Å². The third-order valence-corrected chi connectivity index (χ3v) is 10.3. The van der Waals surface area contributed by atoms with Gasteiger partial charge in [0.1, 0.15) is 0 Å². The summed E-state index contributed by atoms with van der Waals surface area (Å²) >= 11 is 0. The second-order valence-electron chi connectivity index (χ2n) is 11.2. The van der Waals surface area contributed by atoms with E-state index in [4.69, 9.17) is 0 Å². The molecule has 26 heavy (non-hydrogen) atoms. The van der Waals surface area contributed by atoms with Crippen LogP contribution in [0.3, 0.4) is 0 Å². The fourth-order valence-electron chi connectivity index (χ4n) is 8.18. The fourth-order valence-corrected chi connectivity index (χ4v) is 8.18. The zero-order valence-corrected chi connectivity index (χ0v) is 17.7. The molecule has 0 aromatic carbocycles. The summed E-state index contributed by atoms with van der Waals surface area (Å²) in [4.78, 5) is 2.45. The first-order valence-electron chi connectivity index (χ1n) is 11.2. The van der Waals surface area contributed by atoms with Gasteiger partial charge in [-0.1, -0.05) is 13.8 Å². The molecule has 0 aliphatic heterocycles. The van der Waals surface area contributed by atoms with Crippen molar-refractivity contribution in [2.75, 3.05) is 14.1 Å². The molecule has 0 saturated heterocycles. The summed E-state index contributed by atoms with van der Waals surface area (Å²) in [6.07, 6.45) is 10.5. The predicted octanol–water partition coefficient (Wildman–Crippen LogP) is 4.07. The van der Waals surface area contributed by atoms with Crippen molar-refractivity contribution in [3.05, 3.63) is 0 Å². The Morgan fingerprint density at radius 1 is 0.846 bits per heavy atom. The van der Waals surface area contributed by atoms with Crippen LogP contribution in [0.2, 0.25) is 0 Å². The van der Waals surface area contributed by atoms with Gasteiger partial charge in [0, 0.05) is 11.5 Å². The zero-order chi connectivity index (χ0) is 18.9. The first kappa shape index (κ1) is 19.2. The molecule has 9 atom stereocenters. The maximum atomic E-state index is 11.2. The Morgan fingerprint density at radius 3 is 2.27 bits per heavy atom. The minimum absolute atomic E-state index is 0.115. The van der Waals surface area contributed by atoms with Crippen LogP contribution in [0.15, 0.2) is 0 Å². The summed E-state index contributed by atoms with van der Waals surface area (Å²) in [5.41, 5.74) is -0.546. The number of aliphatic hydroxyl groups excluding tert-OH is 1. The highest BCUT2D eigenvalue weighted by Gasteiger charge is 2.63. The van der Waals surface area contributed by atoms with Crippen molar-refractivity contribution in [3.63, 3.8) is 0 Å². The summed E-state index contributed by atoms with van der Waals surface area (Å²) in [6.45, 7) is 6.81. The monoisotopic (exact) mass is 363 g/mol. The van der Waals surface area contributed by atoms with Gasteiger partial charge in [-0.05, 0) is 108 Å². The quantitative estimate of drug-likeness (QED) is 0.738. The van der Waals surface area contributed by atoms with Crippen LogP contribution >= 0.6 is 0 Å². The average molecular weight is 364 g/mol. The Balaban J connectivity index is 1.60. The molecule has 0 spiro atoms. The van der Waals surface area contributed by atoms with Crippen molar-refractivity contribution in [2.24, 2.45) is 34.5 Å². The molecule has 0 aromatic rings. The molecular weight excluding hydrogens is 322 g/mol. The molecule has 150 valence electrons. The summed E-state index contributed by atoms with van der Waals surface area (Å²) in [6, 6.07) is 0.768. The highest BCUT2D eigenvalue weighted by atomic mass is 16.3. The van der Waals surface area contributed by atoms with Gasteiger partial charge in [-0.3, -0.25) is 0 Å². The lowest BCUT2D eigenvalue weighted by Gasteiger charge is -2.66. The Bertz CT molecular complexity index is 546. The first-order valence-corrected chi connectivity index (χ1v) is 11.2. The molecule has 2 N–H and O–H groups in total. The fraction of sp³-hybridized carbons (Fsp3) is 1.00. The number of rotatable bonds is 1. The lowest BCUT2D eigenvalue weighted by molar-refractivity contribution is -0.235. The molecule has 4 fully saturated rings. The zero-order valence-electron chi connectivity index (χ0n) is 17.7. The van der Waals surface area contributed by atoms with E-state index in [1.165, 1.54) is 38.5 Å². The second kappa shape index (κ2) is 6.19. The molecule has 0 heterocycles.